The van der Waals surface area contributed by atoms with E-state index in [-0.39, 0.29) is 0 Å². The minimum absolute atomic E-state index is 0.817. The van der Waals surface area contributed by atoms with Gasteiger partial charge in [-0.3, -0.25) is 0 Å². The van der Waals surface area contributed by atoms with Crippen LogP contribution in [0.1, 0.15) is 11.1 Å². The molecule has 0 saturated carbocycles. The molecule has 0 amide bonds. The molecule has 3 heterocycles. The smallest absolute Gasteiger partial charge is 0.102 e. The van der Waals surface area contributed by atoms with Crippen molar-refractivity contribution in [2.45, 2.75) is 5.75 Å². The Kier molecular flexibility index (Phi) is 3.26. The van der Waals surface area contributed by atoms with Crippen LogP contribution in [0.2, 0.25) is 0 Å². The van der Waals surface area contributed by atoms with E-state index in [0.717, 1.165) is 41.4 Å². The molecule has 1 N–H and O–H groups in total. The second-order valence-corrected chi connectivity index (χ2v) is 5.70. The van der Waals surface area contributed by atoms with E-state index in [4.69, 9.17) is 0 Å². The molecule has 0 spiro atoms. The summed E-state index contributed by atoms with van der Waals surface area (Å²) in [6.45, 7) is 2.30. The predicted molar refractivity (Wildman–Crippen MR) is 74.6 cm³/mol. The van der Waals surface area contributed by atoms with Crippen molar-refractivity contribution in [3.05, 3.63) is 41.7 Å². The quantitative estimate of drug-likeness (QED) is 0.913. The van der Waals surface area contributed by atoms with Gasteiger partial charge in [-0.05, 0) is 42.5 Å². The average molecular weight is 257 g/mol. The second kappa shape index (κ2) is 5.05. The number of fused-ring (bicyclic) bond motifs is 1. The molecule has 3 nitrogen and oxygen atoms in total. The fourth-order valence-electron chi connectivity index (χ4n) is 2.22. The normalized spacial score (nSPS) is 15.5. The average Bonchev–Trinajstić information content (AvgIpc) is 2.69. The zero-order chi connectivity index (χ0) is 12.4. The maximum absolute atomic E-state index is 9.29. The lowest BCUT2D eigenvalue weighted by atomic mass is 10.1. The molecular formula is C14H15N3S. The van der Waals surface area contributed by atoms with E-state index in [1.165, 1.54) is 5.75 Å². The number of nitriles is 1. The summed E-state index contributed by atoms with van der Waals surface area (Å²) in [5, 5.41) is 12.6. The molecule has 92 valence electrons. The predicted octanol–water partition coefficient (Wildman–Crippen LogP) is 2.26. The van der Waals surface area contributed by atoms with Crippen LogP contribution in [0.4, 0.5) is 0 Å². The molecule has 0 bridgehead atoms. The molecule has 2 aromatic rings. The van der Waals surface area contributed by atoms with Gasteiger partial charge < -0.3 is 9.72 Å². The minimum Gasteiger partial charge on any atom is -0.322 e. The summed E-state index contributed by atoms with van der Waals surface area (Å²) < 4.78 is 2.04. The van der Waals surface area contributed by atoms with E-state index < -0.39 is 0 Å². The number of pyridine rings is 1. The van der Waals surface area contributed by atoms with Crippen LogP contribution < -0.4 is 5.32 Å². The Balaban J connectivity index is 1.76. The molecule has 2 aromatic heterocycles. The van der Waals surface area contributed by atoms with Crippen molar-refractivity contribution >= 4 is 17.3 Å². The Morgan fingerprint density at radius 3 is 3.06 bits per heavy atom. The largest absolute Gasteiger partial charge is 0.322 e. The van der Waals surface area contributed by atoms with E-state index in [2.05, 4.69) is 17.6 Å². The maximum Gasteiger partial charge on any atom is 0.102 e. The molecule has 0 atom stereocenters. The molecule has 4 heteroatoms. The molecule has 0 aromatic carbocycles. The van der Waals surface area contributed by atoms with Gasteiger partial charge in [0.1, 0.15) is 6.07 Å². The standard InChI is InChI=1S/C14H15N3S/c15-5-13-12(10-18-9-11-6-16-7-11)8-17-4-2-1-3-14(13)17/h1-4,8,11,16H,6-7,9-10H2. The molecular weight excluding hydrogens is 242 g/mol. The Morgan fingerprint density at radius 2 is 2.33 bits per heavy atom. The van der Waals surface area contributed by atoms with Crippen LogP contribution in [0.15, 0.2) is 30.6 Å². The molecule has 0 unspecified atom stereocenters. The summed E-state index contributed by atoms with van der Waals surface area (Å²) in [5.41, 5.74) is 3.00. The Bertz CT molecular complexity index is 593. The van der Waals surface area contributed by atoms with Gasteiger partial charge in [0, 0.05) is 18.1 Å². The lowest BCUT2D eigenvalue weighted by Gasteiger charge is -2.26. The molecule has 0 aliphatic carbocycles. The van der Waals surface area contributed by atoms with Crippen LogP contribution in [0.25, 0.3) is 5.52 Å². The molecule has 1 fully saturated rings. The number of rotatable bonds is 4. The fourth-order valence-corrected chi connectivity index (χ4v) is 3.34. The topological polar surface area (TPSA) is 40.2 Å². The molecule has 0 radical (unpaired) electrons. The fraction of sp³-hybridized carbons (Fsp3) is 0.357. The third kappa shape index (κ3) is 2.12. The van der Waals surface area contributed by atoms with Crippen molar-refractivity contribution in [1.82, 2.24) is 9.72 Å². The van der Waals surface area contributed by atoms with Gasteiger partial charge in [0.15, 0.2) is 0 Å². The molecule has 3 rings (SSSR count). The maximum atomic E-state index is 9.29. The highest BCUT2D eigenvalue weighted by Crippen LogP contribution is 2.24. The van der Waals surface area contributed by atoms with Gasteiger partial charge in [-0.25, -0.2) is 0 Å². The van der Waals surface area contributed by atoms with Crippen LogP contribution in [-0.2, 0) is 5.75 Å². The van der Waals surface area contributed by atoms with Crippen molar-refractivity contribution in [3.63, 3.8) is 0 Å². The zero-order valence-corrected chi connectivity index (χ0v) is 10.9. The number of hydrogen-bond donors (Lipinski definition) is 1. The third-order valence-electron chi connectivity index (χ3n) is 3.35. The number of thioether (sulfide) groups is 1. The summed E-state index contributed by atoms with van der Waals surface area (Å²) in [4.78, 5) is 0. The highest BCUT2D eigenvalue weighted by molar-refractivity contribution is 7.98. The number of nitrogens with one attached hydrogen (secondary N) is 1. The van der Waals surface area contributed by atoms with Crippen LogP contribution >= 0.6 is 11.8 Å². The first-order valence-corrected chi connectivity index (χ1v) is 7.31. The van der Waals surface area contributed by atoms with E-state index in [9.17, 15) is 5.26 Å². The Labute approximate surface area is 111 Å². The minimum atomic E-state index is 0.817. The van der Waals surface area contributed by atoms with E-state index in [1.807, 2.05) is 40.6 Å². The molecule has 18 heavy (non-hydrogen) atoms. The van der Waals surface area contributed by atoms with Gasteiger partial charge in [0.05, 0.1) is 11.1 Å². The summed E-state index contributed by atoms with van der Waals surface area (Å²) in [7, 11) is 0. The molecule has 1 aliphatic heterocycles. The summed E-state index contributed by atoms with van der Waals surface area (Å²) in [6, 6.07) is 8.31. The zero-order valence-electron chi connectivity index (χ0n) is 10.1. The van der Waals surface area contributed by atoms with Crippen LogP contribution in [0.3, 0.4) is 0 Å². The number of hydrogen-bond acceptors (Lipinski definition) is 3. The van der Waals surface area contributed by atoms with Crippen LogP contribution in [-0.4, -0.2) is 23.2 Å². The van der Waals surface area contributed by atoms with E-state index in [1.54, 1.807) is 0 Å². The summed E-state index contributed by atoms with van der Waals surface area (Å²) in [5.74, 6) is 2.93. The Morgan fingerprint density at radius 1 is 1.44 bits per heavy atom. The van der Waals surface area contributed by atoms with Crippen LogP contribution in [0.5, 0.6) is 0 Å². The van der Waals surface area contributed by atoms with Gasteiger partial charge >= 0.3 is 0 Å². The van der Waals surface area contributed by atoms with E-state index in [0.29, 0.717) is 0 Å². The van der Waals surface area contributed by atoms with Gasteiger partial charge in [-0.2, -0.15) is 17.0 Å². The molecule has 1 saturated heterocycles. The van der Waals surface area contributed by atoms with Gasteiger partial charge in [0.2, 0.25) is 0 Å². The molecule has 1 aliphatic rings. The lowest BCUT2D eigenvalue weighted by Crippen LogP contribution is -2.43. The SMILES string of the molecule is N#Cc1c(CSCC2CNC2)cn2ccccc12. The first kappa shape index (κ1) is 11.6. The van der Waals surface area contributed by atoms with Crippen molar-refractivity contribution in [3.8, 4) is 6.07 Å². The number of aromatic nitrogens is 1. The summed E-state index contributed by atoms with van der Waals surface area (Å²) in [6.07, 6.45) is 4.08. The van der Waals surface area contributed by atoms with Gasteiger partial charge in [-0.1, -0.05) is 6.07 Å². The second-order valence-electron chi connectivity index (χ2n) is 4.67. The van der Waals surface area contributed by atoms with E-state index >= 15 is 0 Å². The van der Waals surface area contributed by atoms with Gasteiger partial charge in [-0.15, -0.1) is 0 Å². The van der Waals surface area contributed by atoms with Crippen molar-refractivity contribution in [1.29, 1.82) is 5.26 Å². The van der Waals surface area contributed by atoms with Crippen molar-refractivity contribution < 1.29 is 0 Å². The summed E-state index contributed by atoms with van der Waals surface area (Å²) >= 11 is 1.93. The first-order chi connectivity index (χ1) is 8.88. The lowest BCUT2D eigenvalue weighted by molar-refractivity contribution is 0.385. The van der Waals surface area contributed by atoms with Gasteiger partial charge in [0.25, 0.3) is 0 Å². The van der Waals surface area contributed by atoms with Crippen molar-refractivity contribution in [2.75, 3.05) is 18.8 Å². The highest BCUT2D eigenvalue weighted by Gasteiger charge is 2.17. The number of nitrogens with zero attached hydrogens (tertiary/aromatic N) is 2. The third-order valence-corrected chi connectivity index (χ3v) is 4.57. The first-order valence-electron chi connectivity index (χ1n) is 6.15. The Hall–Kier alpha value is -1.44. The highest BCUT2D eigenvalue weighted by atomic mass is 32.2. The van der Waals surface area contributed by atoms with Crippen LogP contribution in [0, 0.1) is 17.2 Å². The monoisotopic (exact) mass is 257 g/mol. The van der Waals surface area contributed by atoms with Crippen molar-refractivity contribution in [2.24, 2.45) is 5.92 Å².